The number of rotatable bonds is 6. The van der Waals surface area contributed by atoms with Crippen LogP contribution in [0.25, 0.3) is 21.3 Å². The van der Waals surface area contributed by atoms with Gasteiger partial charge in [-0.25, -0.2) is 4.39 Å². The molecular formula is C27H28BrFN2O2S2. The molecule has 0 saturated heterocycles. The van der Waals surface area contributed by atoms with Crippen molar-refractivity contribution in [2.45, 2.75) is 51.0 Å². The van der Waals surface area contributed by atoms with Crippen molar-refractivity contribution in [1.82, 2.24) is 9.71 Å². The molecule has 8 heteroatoms. The van der Waals surface area contributed by atoms with Gasteiger partial charge in [-0.3, -0.25) is 4.98 Å². The Bertz CT molecular complexity index is 1340. The van der Waals surface area contributed by atoms with E-state index in [9.17, 15) is 9.66 Å². The normalized spacial score (nSPS) is 14.3. The molecule has 0 spiro atoms. The zero-order valence-electron chi connectivity index (χ0n) is 20.2. The van der Waals surface area contributed by atoms with Crippen LogP contribution < -0.4 is 4.72 Å². The van der Waals surface area contributed by atoms with Crippen LogP contribution in [-0.4, -0.2) is 19.4 Å². The molecule has 0 aliphatic heterocycles. The number of aliphatic hydroxyl groups is 1. The summed E-state index contributed by atoms with van der Waals surface area (Å²) in [7, 11) is 0. The first-order chi connectivity index (χ1) is 16.4. The van der Waals surface area contributed by atoms with Gasteiger partial charge in [-0.15, -0.1) is 16.1 Å². The number of thiophene rings is 1. The average Bonchev–Trinajstić information content (AvgIpc) is 3.21. The summed E-state index contributed by atoms with van der Waals surface area (Å²) < 4.78 is 32.5. The fourth-order valence-corrected chi connectivity index (χ4v) is 6.42. The van der Waals surface area contributed by atoms with Crippen molar-refractivity contribution in [3.8, 4) is 11.3 Å². The topological polar surface area (TPSA) is 68.2 Å². The van der Waals surface area contributed by atoms with Crippen molar-refractivity contribution in [2.24, 2.45) is 0 Å². The van der Waals surface area contributed by atoms with Gasteiger partial charge >= 0.3 is 0 Å². The third-order valence-corrected chi connectivity index (χ3v) is 9.16. The van der Waals surface area contributed by atoms with Crippen molar-refractivity contribution < 1.29 is 14.0 Å². The molecule has 0 saturated carbocycles. The summed E-state index contributed by atoms with van der Waals surface area (Å²) in [4.78, 5) is 5.40. The van der Waals surface area contributed by atoms with Crippen LogP contribution in [0.5, 0.6) is 0 Å². The number of halogens is 2. The van der Waals surface area contributed by atoms with Gasteiger partial charge < -0.3 is 9.66 Å². The second-order valence-electron chi connectivity index (χ2n) is 9.93. The standard InChI is InChI=1S/C27H28BrFN2O2S2/c1-26(2,3)35(33)31-24(23-19(28)10-7-11-20(23)29)22-14-16-8-6-9-18(25(16)34-22)21-15-17(12-13-30-21)27(4,5)32/h6-15,24,31-32H,1-5H3/t24-,35?/m1/s1. The van der Waals surface area contributed by atoms with Crippen molar-refractivity contribution in [1.29, 1.82) is 0 Å². The lowest BCUT2D eigenvalue weighted by Gasteiger charge is -2.28. The van der Waals surface area contributed by atoms with Crippen LogP contribution in [0.3, 0.4) is 0 Å². The van der Waals surface area contributed by atoms with Gasteiger partial charge in [0, 0.05) is 42.7 Å². The van der Waals surface area contributed by atoms with Crippen molar-refractivity contribution in [2.75, 3.05) is 0 Å². The van der Waals surface area contributed by atoms with Gasteiger partial charge in [-0.1, -0.05) is 40.2 Å². The minimum Gasteiger partial charge on any atom is -0.598 e. The van der Waals surface area contributed by atoms with Crippen molar-refractivity contribution in [3.05, 3.63) is 87.1 Å². The number of aromatic nitrogens is 1. The number of fused-ring (bicyclic) bond motifs is 1. The first-order valence-electron chi connectivity index (χ1n) is 11.2. The number of hydrogen-bond acceptors (Lipinski definition) is 5. The maximum absolute atomic E-state index is 15.1. The van der Waals surface area contributed by atoms with Crippen LogP contribution in [0.4, 0.5) is 4.39 Å². The highest BCUT2D eigenvalue weighted by atomic mass is 79.9. The first kappa shape index (κ1) is 26.3. The average molecular weight is 576 g/mol. The minimum absolute atomic E-state index is 0.375. The molecule has 35 heavy (non-hydrogen) atoms. The Hall–Kier alpha value is -1.81. The number of benzene rings is 2. The summed E-state index contributed by atoms with van der Waals surface area (Å²) in [6, 6.07) is 15.9. The molecule has 4 nitrogen and oxygen atoms in total. The molecule has 0 aliphatic carbocycles. The van der Waals surface area contributed by atoms with E-state index in [4.69, 9.17) is 0 Å². The Morgan fingerprint density at radius 3 is 2.46 bits per heavy atom. The van der Waals surface area contributed by atoms with Gasteiger partial charge in [-0.05, 0) is 75.9 Å². The number of hydrogen-bond donors (Lipinski definition) is 2. The second-order valence-corrected chi connectivity index (χ2v) is 13.9. The maximum Gasteiger partial charge on any atom is 0.136 e. The van der Waals surface area contributed by atoms with E-state index in [1.807, 2.05) is 51.1 Å². The molecule has 1 unspecified atom stereocenters. The second kappa shape index (κ2) is 9.92. The van der Waals surface area contributed by atoms with Crippen LogP contribution in [0, 0.1) is 5.82 Å². The molecule has 0 bridgehead atoms. The maximum atomic E-state index is 15.1. The lowest BCUT2D eigenvalue weighted by molar-refractivity contribution is 0.0785. The van der Waals surface area contributed by atoms with E-state index < -0.39 is 27.8 Å². The van der Waals surface area contributed by atoms with Crippen LogP contribution in [0.2, 0.25) is 0 Å². The summed E-state index contributed by atoms with van der Waals surface area (Å²) in [5.74, 6) is -0.375. The van der Waals surface area contributed by atoms with Gasteiger partial charge in [0.05, 0.1) is 11.3 Å². The Morgan fingerprint density at radius 2 is 1.80 bits per heavy atom. The van der Waals surface area contributed by atoms with E-state index in [1.54, 1.807) is 38.2 Å². The van der Waals surface area contributed by atoms with Gasteiger partial charge in [0.15, 0.2) is 0 Å². The smallest absolute Gasteiger partial charge is 0.136 e. The largest absolute Gasteiger partial charge is 0.598 e. The SMILES string of the molecule is CC(C)(O)c1ccnc(-c2cccc3cc([C@@H](N[S+]([O-])C(C)(C)C)c4c(F)cccc4Br)sc23)c1. The minimum atomic E-state index is -1.43. The molecule has 2 heterocycles. The molecular weight excluding hydrogens is 547 g/mol. The van der Waals surface area contributed by atoms with Gasteiger partial charge in [0.2, 0.25) is 0 Å². The summed E-state index contributed by atoms with van der Waals surface area (Å²) in [5.41, 5.74) is 1.87. The molecule has 4 rings (SSSR count). The summed E-state index contributed by atoms with van der Waals surface area (Å²) in [5, 5.41) is 11.5. The third-order valence-electron chi connectivity index (χ3n) is 5.66. The first-order valence-corrected chi connectivity index (χ1v) is 14.0. The zero-order valence-corrected chi connectivity index (χ0v) is 23.4. The zero-order chi connectivity index (χ0) is 25.5. The molecule has 184 valence electrons. The van der Waals surface area contributed by atoms with Crippen molar-refractivity contribution in [3.63, 3.8) is 0 Å². The van der Waals surface area contributed by atoms with Crippen LogP contribution in [0.15, 0.2) is 65.3 Å². The summed E-state index contributed by atoms with van der Waals surface area (Å²) in [6.45, 7) is 9.14. The highest BCUT2D eigenvalue weighted by Gasteiger charge is 2.33. The molecule has 4 aromatic rings. The molecule has 0 radical (unpaired) electrons. The highest BCUT2D eigenvalue weighted by molar-refractivity contribution is 9.10. The van der Waals surface area contributed by atoms with E-state index in [2.05, 4.69) is 25.6 Å². The Labute approximate surface area is 221 Å². The number of pyridine rings is 1. The fourth-order valence-electron chi connectivity index (χ4n) is 3.71. The Morgan fingerprint density at radius 1 is 1.09 bits per heavy atom. The van der Waals surface area contributed by atoms with Gasteiger partial charge in [0.1, 0.15) is 16.6 Å². The molecule has 2 atom stereocenters. The molecule has 2 N–H and O–H groups in total. The molecule has 2 aromatic heterocycles. The van der Waals surface area contributed by atoms with Crippen LogP contribution in [-0.2, 0) is 17.0 Å². The van der Waals surface area contributed by atoms with Crippen LogP contribution in [0.1, 0.15) is 56.7 Å². The quantitative estimate of drug-likeness (QED) is 0.238. The summed E-state index contributed by atoms with van der Waals surface area (Å²) in [6.07, 6.45) is 1.70. The molecule has 0 amide bonds. The van der Waals surface area contributed by atoms with Gasteiger partial charge in [-0.2, -0.15) is 0 Å². The van der Waals surface area contributed by atoms with E-state index in [0.29, 0.717) is 10.0 Å². The van der Waals surface area contributed by atoms with E-state index >= 15 is 4.39 Å². The predicted molar refractivity (Wildman–Crippen MR) is 147 cm³/mol. The molecule has 0 aliphatic rings. The Balaban J connectivity index is 1.87. The predicted octanol–water partition coefficient (Wildman–Crippen LogP) is 7.23. The Kier molecular flexibility index (Phi) is 7.44. The monoisotopic (exact) mass is 574 g/mol. The van der Waals surface area contributed by atoms with E-state index in [0.717, 1.165) is 31.8 Å². The number of nitrogens with zero attached hydrogens (tertiary/aromatic N) is 1. The van der Waals surface area contributed by atoms with Crippen LogP contribution >= 0.6 is 27.3 Å². The number of nitrogens with one attached hydrogen (secondary N) is 1. The van der Waals surface area contributed by atoms with E-state index in [1.165, 1.54) is 17.4 Å². The third kappa shape index (κ3) is 5.63. The summed E-state index contributed by atoms with van der Waals surface area (Å²) >= 11 is 3.59. The van der Waals surface area contributed by atoms with E-state index in [-0.39, 0.29) is 5.82 Å². The lowest BCUT2D eigenvalue weighted by atomic mass is 9.97. The van der Waals surface area contributed by atoms with Crippen molar-refractivity contribution >= 4 is 48.7 Å². The highest BCUT2D eigenvalue weighted by Crippen LogP contribution is 2.41. The molecule has 0 fully saturated rings. The fraction of sp³-hybridized carbons (Fsp3) is 0.296. The lowest BCUT2D eigenvalue weighted by Crippen LogP contribution is -2.41. The van der Waals surface area contributed by atoms with Gasteiger partial charge in [0.25, 0.3) is 0 Å². The molecule has 2 aromatic carbocycles.